The summed E-state index contributed by atoms with van der Waals surface area (Å²) in [6, 6.07) is 15.2. The Kier molecular flexibility index (Phi) is 8.37. The van der Waals surface area contributed by atoms with Crippen molar-refractivity contribution in [1.82, 2.24) is 9.80 Å². The van der Waals surface area contributed by atoms with E-state index < -0.39 is 12.1 Å². The zero-order chi connectivity index (χ0) is 23.8. The summed E-state index contributed by atoms with van der Waals surface area (Å²) >= 11 is 0. The molecule has 33 heavy (non-hydrogen) atoms. The van der Waals surface area contributed by atoms with E-state index in [0.717, 1.165) is 30.6 Å². The molecule has 8 nitrogen and oxygen atoms in total. The Bertz CT molecular complexity index is 949. The van der Waals surface area contributed by atoms with E-state index in [9.17, 15) is 10.5 Å². The van der Waals surface area contributed by atoms with Gasteiger partial charge < -0.3 is 18.9 Å². The minimum Gasteiger partial charge on any atom is -0.493 e. The third-order valence-corrected chi connectivity index (χ3v) is 5.99. The summed E-state index contributed by atoms with van der Waals surface area (Å²) in [5.41, 5.74) is 1.72. The first-order valence-corrected chi connectivity index (χ1v) is 10.8. The van der Waals surface area contributed by atoms with Gasteiger partial charge in [0.2, 0.25) is 0 Å². The Balaban J connectivity index is 1.78. The van der Waals surface area contributed by atoms with Gasteiger partial charge in [-0.3, -0.25) is 9.80 Å². The summed E-state index contributed by atoms with van der Waals surface area (Å²) in [5.74, 6) is 2.47. The van der Waals surface area contributed by atoms with Crippen molar-refractivity contribution in [3.63, 3.8) is 0 Å². The number of ether oxygens (including phenoxy) is 4. The molecule has 0 aromatic heterocycles. The van der Waals surface area contributed by atoms with Crippen molar-refractivity contribution in [1.29, 1.82) is 10.5 Å². The van der Waals surface area contributed by atoms with Crippen LogP contribution in [0.3, 0.4) is 0 Å². The molecule has 2 aromatic carbocycles. The molecule has 1 saturated heterocycles. The van der Waals surface area contributed by atoms with E-state index in [1.807, 2.05) is 36.4 Å². The smallest absolute Gasteiger partial charge is 0.161 e. The first-order chi connectivity index (χ1) is 16.1. The van der Waals surface area contributed by atoms with Crippen LogP contribution in [-0.2, 0) is 0 Å². The number of rotatable bonds is 8. The molecule has 8 heteroatoms. The monoisotopic (exact) mass is 450 g/mol. The van der Waals surface area contributed by atoms with Crippen LogP contribution in [0, 0.1) is 22.7 Å². The Morgan fingerprint density at radius 3 is 1.36 bits per heavy atom. The van der Waals surface area contributed by atoms with Crippen molar-refractivity contribution in [2.45, 2.75) is 18.5 Å². The highest BCUT2D eigenvalue weighted by molar-refractivity contribution is 5.45. The molecular formula is C25H30N4O4. The minimum absolute atomic E-state index is 0.411. The lowest BCUT2D eigenvalue weighted by atomic mass is 10.0. The van der Waals surface area contributed by atoms with Crippen LogP contribution in [0.5, 0.6) is 23.0 Å². The Hall–Kier alpha value is -3.46. The summed E-state index contributed by atoms with van der Waals surface area (Å²) in [6.07, 6.45) is 0.844. The average molecular weight is 451 g/mol. The van der Waals surface area contributed by atoms with Crippen molar-refractivity contribution >= 4 is 0 Å². The van der Waals surface area contributed by atoms with Crippen LogP contribution < -0.4 is 18.9 Å². The van der Waals surface area contributed by atoms with Gasteiger partial charge in [-0.15, -0.1) is 0 Å². The van der Waals surface area contributed by atoms with Crippen LogP contribution in [-0.4, -0.2) is 64.4 Å². The Morgan fingerprint density at radius 2 is 1.03 bits per heavy atom. The fraction of sp³-hybridized carbons (Fsp3) is 0.440. The minimum atomic E-state index is -0.411. The maximum atomic E-state index is 9.96. The zero-order valence-corrected chi connectivity index (χ0v) is 19.6. The van der Waals surface area contributed by atoms with Gasteiger partial charge in [0.1, 0.15) is 12.1 Å². The standard InChI is InChI=1S/C25H30N4O4/c1-30-22-8-6-18(14-24(22)32-3)20(16-26)28-10-5-11-29(13-12-28)21(17-27)19-7-9-23(31-2)25(15-19)33-4/h6-9,14-15,20-21H,5,10-13H2,1-4H3. The number of hydrogen-bond acceptors (Lipinski definition) is 8. The molecule has 1 aliphatic heterocycles. The van der Waals surface area contributed by atoms with E-state index in [0.29, 0.717) is 36.1 Å². The van der Waals surface area contributed by atoms with Crippen LogP contribution in [0.15, 0.2) is 36.4 Å². The summed E-state index contributed by atoms with van der Waals surface area (Å²) in [5, 5.41) is 19.9. The highest BCUT2D eigenvalue weighted by Gasteiger charge is 2.28. The van der Waals surface area contributed by atoms with E-state index >= 15 is 0 Å². The molecule has 0 aliphatic carbocycles. The molecule has 0 radical (unpaired) electrons. The van der Waals surface area contributed by atoms with Gasteiger partial charge in [-0.25, -0.2) is 0 Å². The second-order valence-corrected chi connectivity index (χ2v) is 7.72. The fourth-order valence-corrected chi connectivity index (χ4v) is 4.25. The fourth-order valence-electron chi connectivity index (χ4n) is 4.25. The number of benzene rings is 2. The van der Waals surface area contributed by atoms with Crippen LogP contribution in [0.25, 0.3) is 0 Å². The SMILES string of the molecule is COc1ccc(C(C#N)N2CCCN(C(C#N)c3ccc(OC)c(OC)c3)CC2)cc1OC. The summed E-state index contributed by atoms with van der Waals surface area (Å²) < 4.78 is 21.5. The summed E-state index contributed by atoms with van der Waals surface area (Å²) in [4.78, 5) is 4.31. The van der Waals surface area contributed by atoms with E-state index in [-0.39, 0.29) is 0 Å². The molecule has 2 atom stereocenters. The van der Waals surface area contributed by atoms with E-state index in [2.05, 4.69) is 21.9 Å². The van der Waals surface area contributed by atoms with Gasteiger partial charge >= 0.3 is 0 Å². The number of nitriles is 2. The second kappa shape index (κ2) is 11.4. The van der Waals surface area contributed by atoms with Gasteiger partial charge in [0.15, 0.2) is 23.0 Å². The van der Waals surface area contributed by atoms with Gasteiger partial charge in [-0.05, 0) is 41.8 Å². The van der Waals surface area contributed by atoms with Gasteiger partial charge in [-0.1, -0.05) is 12.1 Å². The summed E-state index contributed by atoms with van der Waals surface area (Å²) in [7, 11) is 6.35. The third kappa shape index (κ3) is 5.31. The normalized spacial score (nSPS) is 16.5. The topological polar surface area (TPSA) is 91.0 Å². The Labute approximate surface area is 195 Å². The lowest BCUT2D eigenvalue weighted by Gasteiger charge is -2.28. The Morgan fingerprint density at radius 1 is 0.636 bits per heavy atom. The zero-order valence-electron chi connectivity index (χ0n) is 19.6. The number of hydrogen-bond donors (Lipinski definition) is 0. The van der Waals surface area contributed by atoms with Crippen molar-refractivity contribution < 1.29 is 18.9 Å². The molecule has 1 aliphatic rings. The molecular weight excluding hydrogens is 420 g/mol. The highest BCUT2D eigenvalue weighted by atomic mass is 16.5. The first kappa shape index (κ1) is 24.2. The van der Waals surface area contributed by atoms with E-state index in [1.54, 1.807) is 28.4 Å². The second-order valence-electron chi connectivity index (χ2n) is 7.72. The van der Waals surface area contributed by atoms with Crippen LogP contribution in [0.2, 0.25) is 0 Å². The number of nitrogens with zero attached hydrogens (tertiary/aromatic N) is 4. The maximum absolute atomic E-state index is 9.96. The molecule has 0 N–H and O–H groups in total. The average Bonchev–Trinajstić information content (AvgIpc) is 3.11. The predicted octanol–water partition coefficient (Wildman–Crippen LogP) is 3.56. The molecule has 3 rings (SSSR count). The van der Waals surface area contributed by atoms with Crippen molar-refractivity contribution in [2.75, 3.05) is 54.6 Å². The highest BCUT2D eigenvalue weighted by Crippen LogP contribution is 2.34. The van der Waals surface area contributed by atoms with Gasteiger partial charge in [0.05, 0.1) is 40.6 Å². The number of methoxy groups -OCH3 is 4. The lowest BCUT2D eigenvalue weighted by Crippen LogP contribution is -2.34. The molecule has 174 valence electrons. The molecule has 2 aromatic rings. The van der Waals surface area contributed by atoms with E-state index in [1.165, 1.54) is 0 Å². The largest absolute Gasteiger partial charge is 0.493 e. The maximum Gasteiger partial charge on any atom is 0.161 e. The summed E-state index contributed by atoms with van der Waals surface area (Å²) in [6.45, 7) is 2.84. The van der Waals surface area contributed by atoms with Crippen molar-refractivity contribution in [2.24, 2.45) is 0 Å². The van der Waals surface area contributed by atoms with E-state index in [4.69, 9.17) is 18.9 Å². The predicted molar refractivity (Wildman–Crippen MR) is 124 cm³/mol. The molecule has 1 heterocycles. The first-order valence-electron chi connectivity index (χ1n) is 10.8. The lowest BCUT2D eigenvalue weighted by molar-refractivity contribution is 0.215. The quantitative estimate of drug-likeness (QED) is 0.603. The molecule has 0 bridgehead atoms. The third-order valence-electron chi connectivity index (χ3n) is 5.99. The van der Waals surface area contributed by atoms with Crippen molar-refractivity contribution in [3.8, 4) is 35.1 Å². The molecule has 1 fully saturated rings. The molecule has 0 amide bonds. The van der Waals surface area contributed by atoms with Crippen LogP contribution >= 0.6 is 0 Å². The molecule has 0 saturated carbocycles. The van der Waals surface area contributed by atoms with Gasteiger partial charge in [-0.2, -0.15) is 10.5 Å². The van der Waals surface area contributed by atoms with Crippen LogP contribution in [0.4, 0.5) is 0 Å². The van der Waals surface area contributed by atoms with Crippen molar-refractivity contribution in [3.05, 3.63) is 47.5 Å². The molecule has 0 spiro atoms. The van der Waals surface area contributed by atoms with Crippen LogP contribution in [0.1, 0.15) is 29.6 Å². The van der Waals surface area contributed by atoms with Gasteiger partial charge in [0, 0.05) is 26.2 Å². The van der Waals surface area contributed by atoms with Gasteiger partial charge in [0.25, 0.3) is 0 Å². The molecule has 2 unspecified atom stereocenters.